The van der Waals surface area contributed by atoms with Crippen molar-refractivity contribution in [2.75, 3.05) is 4.72 Å². The van der Waals surface area contributed by atoms with E-state index in [1.54, 1.807) is 0 Å². The van der Waals surface area contributed by atoms with Gasteiger partial charge in [-0.1, -0.05) is 35.3 Å². The maximum Gasteiger partial charge on any atom is 0.288 e. The van der Waals surface area contributed by atoms with Crippen molar-refractivity contribution in [1.29, 1.82) is 0 Å². The number of nitro benzene ring substituents is 1. The largest absolute Gasteiger partial charge is 0.288 e. The third-order valence-corrected chi connectivity index (χ3v) is 6.00. The molecule has 3 aromatic carbocycles. The number of hydrogen-bond acceptors (Lipinski definition) is 6. The summed E-state index contributed by atoms with van der Waals surface area (Å²) in [6.07, 6.45) is 1.20. The van der Waals surface area contributed by atoms with Crippen LogP contribution in [0.2, 0.25) is 10.0 Å². The van der Waals surface area contributed by atoms with Gasteiger partial charge in [-0.15, -0.1) is 0 Å². The lowest BCUT2D eigenvalue weighted by atomic mass is 10.2. The quantitative estimate of drug-likeness (QED) is 0.285. The minimum absolute atomic E-state index is 0.0265. The molecule has 32 heavy (non-hydrogen) atoms. The fourth-order valence-electron chi connectivity index (χ4n) is 2.52. The van der Waals surface area contributed by atoms with Gasteiger partial charge in [0.15, 0.2) is 0 Å². The van der Waals surface area contributed by atoms with Crippen molar-refractivity contribution in [2.45, 2.75) is 4.90 Å². The summed E-state index contributed by atoms with van der Waals surface area (Å²) in [5.41, 5.74) is 2.64. The first-order chi connectivity index (χ1) is 15.2. The zero-order valence-corrected chi connectivity index (χ0v) is 18.4. The highest BCUT2D eigenvalue weighted by atomic mass is 35.5. The highest BCUT2D eigenvalue weighted by Gasteiger charge is 2.17. The van der Waals surface area contributed by atoms with Crippen LogP contribution >= 0.6 is 23.2 Å². The zero-order valence-electron chi connectivity index (χ0n) is 16.0. The normalized spacial score (nSPS) is 11.3. The summed E-state index contributed by atoms with van der Waals surface area (Å²) in [5.74, 6) is -0.673. The first-order valence-corrected chi connectivity index (χ1v) is 11.1. The average Bonchev–Trinajstić information content (AvgIpc) is 2.76. The molecule has 0 heterocycles. The number of sulfonamides is 1. The molecule has 12 heteroatoms. The monoisotopic (exact) mass is 492 g/mol. The number of halogens is 2. The second-order valence-corrected chi connectivity index (χ2v) is 8.83. The Hall–Kier alpha value is -3.47. The van der Waals surface area contributed by atoms with Crippen molar-refractivity contribution in [1.82, 2.24) is 5.43 Å². The van der Waals surface area contributed by atoms with Gasteiger partial charge in [0.1, 0.15) is 5.02 Å². The molecule has 0 aliphatic rings. The molecule has 0 saturated heterocycles. The summed E-state index contributed by atoms with van der Waals surface area (Å²) in [6, 6.07) is 15.5. The molecular weight excluding hydrogens is 479 g/mol. The molecule has 3 rings (SSSR count). The van der Waals surface area contributed by atoms with Crippen molar-refractivity contribution in [3.8, 4) is 0 Å². The fourth-order valence-corrected chi connectivity index (χ4v) is 3.93. The van der Waals surface area contributed by atoms with Crippen LogP contribution in [0.25, 0.3) is 0 Å². The Morgan fingerprint density at radius 3 is 2.44 bits per heavy atom. The number of hydrogen-bond donors (Lipinski definition) is 2. The van der Waals surface area contributed by atoms with Gasteiger partial charge in [-0.3, -0.25) is 19.6 Å². The summed E-state index contributed by atoms with van der Waals surface area (Å²) >= 11 is 11.5. The Labute approximate surface area is 192 Å². The Bertz CT molecular complexity index is 1310. The number of nitrogens with one attached hydrogen (secondary N) is 2. The number of nitro groups is 1. The molecule has 164 valence electrons. The highest BCUT2D eigenvalue weighted by Crippen LogP contribution is 2.24. The first kappa shape index (κ1) is 23.2. The predicted molar refractivity (Wildman–Crippen MR) is 122 cm³/mol. The number of benzene rings is 3. The molecule has 9 nitrogen and oxygen atoms in total. The van der Waals surface area contributed by atoms with Crippen molar-refractivity contribution in [3.63, 3.8) is 0 Å². The van der Waals surface area contributed by atoms with E-state index in [0.717, 1.165) is 0 Å². The third-order valence-electron chi connectivity index (χ3n) is 4.05. The number of carbonyl (C=O) groups excluding carboxylic acids is 1. The molecule has 0 aliphatic carbocycles. The first-order valence-electron chi connectivity index (χ1n) is 8.81. The number of nitrogens with zero attached hydrogens (tertiary/aromatic N) is 2. The maximum atomic E-state index is 12.6. The lowest BCUT2D eigenvalue weighted by Gasteiger charge is -2.09. The molecule has 0 saturated carbocycles. The summed E-state index contributed by atoms with van der Waals surface area (Å²) in [7, 11) is -3.95. The molecular formula is C20H14Cl2N4O5S. The molecule has 3 aromatic rings. The van der Waals surface area contributed by atoms with E-state index in [-0.39, 0.29) is 21.2 Å². The van der Waals surface area contributed by atoms with Crippen molar-refractivity contribution < 1.29 is 18.1 Å². The highest BCUT2D eigenvalue weighted by molar-refractivity contribution is 7.92. The summed E-state index contributed by atoms with van der Waals surface area (Å²) < 4.78 is 27.6. The standard InChI is InChI=1S/C20H14Cl2N4O5S/c21-15-5-7-16(8-6-15)25-32(30,31)17-3-1-2-14(11-17)20(27)24-23-12-13-4-9-18(22)19(10-13)26(28)29/h1-12,25H,(H,24,27)/b23-12+. The molecule has 0 radical (unpaired) electrons. The van der Waals surface area contributed by atoms with Gasteiger partial charge < -0.3 is 0 Å². The van der Waals surface area contributed by atoms with Crippen LogP contribution in [0, 0.1) is 10.1 Å². The Morgan fingerprint density at radius 2 is 1.75 bits per heavy atom. The Balaban J connectivity index is 1.72. The zero-order chi connectivity index (χ0) is 23.3. The molecule has 0 unspecified atom stereocenters. The van der Waals surface area contributed by atoms with E-state index in [0.29, 0.717) is 16.3 Å². The Morgan fingerprint density at radius 1 is 1.03 bits per heavy atom. The lowest BCUT2D eigenvalue weighted by Crippen LogP contribution is -2.19. The number of amides is 1. The summed E-state index contributed by atoms with van der Waals surface area (Å²) in [4.78, 5) is 22.5. The lowest BCUT2D eigenvalue weighted by molar-refractivity contribution is -0.384. The van der Waals surface area contributed by atoms with Gasteiger partial charge in [0.05, 0.1) is 16.0 Å². The number of rotatable bonds is 7. The van der Waals surface area contributed by atoms with E-state index < -0.39 is 20.9 Å². The number of hydrazone groups is 1. The molecule has 2 N–H and O–H groups in total. The van der Waals surface area contributed by atoms with Crippen LogP contribution < -0.4 is 10.1 Å². The smallest absolute Gasteiger partial charge is 0.280 e. The van der Waals surface area contributed by atoms with E-state index >= 15 is 0 Å². The van der Waals surface area contributed by atoms with E-state index in [4.69, 9.17) is 23.2 Å². The van der Waals surface area contributed by atoms with Crippen LogP contribution in [0.5, 0.6) is 0 Å². The number of anilines is 1. The van der Waals surface area contributed by atoms with Gasteiger partial charge in [-0.05, 0) is 48.5 Å². The van der Waals surface area contributed by atoms with Crippen LogP contribution in [0.1, 0.15) is 15.9 Å². The van der Waals surface area contributed by atoms with Crippen LogP contribution in [0.4, 0.5) is 11.4 Å². The molecule has 1 amide bonds. The van der Waals surface area contributed by atoms with Gasteiger partial charge in [-0.2, -0.15) is 5.10 Å². The second-order valence-electron chi connectivity index (χ2n) is 6.31. The summed E-state index contributed by atoms with van der Waals surface area (Å²) in [5, 5.41) is 15.1. The molecule has 0 aliphatic heterocycles. The topological polar surface area (TPSA) is 131 Å². The minimum atomic E-state index is -3.95. The van der Waals surface area contributed by atoms with Crippen LogP contribution in [0.15, 0.2) is 76.7 Å². The van der Waals surface area contributed by atoms with Crippen LogP contribution in [-0.2, 0) is 10.0 Å². The average molecular weight is 493 g/mol. The van der Waals surface area contributed by atoms with Crippen LogP contribution in [0.3, 0.4) is 0 Å². The van der Waals surface area contributed by atoms with Gasteiger partial charge in [-0.25, -0.2) is 13.8 Å². The minimum Gasteiger partial charge on any atom is -0.280 e. The predicted octanol–water partition coefficient (Wildman–Crippen LogP) is 4.47. The third kappa shape index (κ3) is 5.82. The number of carbonyl (C=O) groups is 1. The molecule has 0 bridgehead atoms. The van der Waals surface area contributed by atoms with Gasteiger partial charge >= 0.3 is 0 Å². The van der Waals surface area contributed by atoms with Gasteiger partial charge in [0, 0.05) is 27.9 Å². The van der Waals surface area contributed by atoms with E-state index in [2.05, 4.69) is 15.2 Å². The Kier molecular flexibility index (Phi) is 7.08. The molecule has 0 aromatic heterocycles. The maximum absolute atomic E-state index is 12.6. The van der Waals surface area contributed by atoms with Crippen molar-refractivity contribution in [3.05, 3.63) is 98.0 Å². The molecule has 0 fully saturated rings. The fraction of sp³-hybridized carbons (Fsp3) is 0. The van der Waals surface area contributed by atoms with Crippen molar-refractivity contribution >= 4 is 56.7 Å². The van der Waals surface area contributed by atoms with Gasteiger partial charge in [0.2, 0.25) is 0 Å². The van der Waals surface area contributed by atoms with E-state index in [1.165, 1.54) is 72.9 Å². The van der Waals surface area contributed by atoms with Crippen molar-refractivity contribution in [2.24, 2.45) is 5.10 Å². The SMILES string of the molecule is O=C(N/N=C/c1ccc(Cl)c([N+](=O)[O-])c1)c1cccc(S(=O)(=O)Nc2ccc(Cl)cc2)c1. The summed E-state index contributed by atoms with van der Waals surface area (Å²) in [6.45, 7) is 0. The second kappa shape index (κ2) is 9.77. The van der Waals surface area contributed by atoms with Gasteiger partial charge in [0.25, 0.3) is 21.6 Å². The van der Waals surface area contributed by atoms with Crippen LogP contribution in [-0.4, -0.2) is 25.5 Å². The molecule has 0 atom stereocenters. The van der Waals surface area contributed by atoms with E-state index in [1.807, 2.05) is 0 Å². The molecule has 0 spiro atoms. The van der Waals surface area contributed by atoms with E-state index in [9.17, 15) is 23.3 Å².